The van der Waals surface area contributed by atoms with Gasteiger partial charge in [0.05, 0.1) is 18.9 Å². The number of carbonyl (C=O) groups excluding carboxylic acids is 4. The predicted molar refractivity (Wildman–Crippen MR) is 129 cm³/mol. The van der Waals surface area contributed by atoms with Crippen molar-refractivity contribution in [1.82, 2.24) is 4.90 Å². The normalized spacial score (nSPS) is 23.1. The molecule has 0 aromatic heterocycles. The van der Waals surface area contributed by atoms with Crippen molar-refractivity contribution in [1.29, 1.82) is 0 Å². The van der Waals surface area contributed by atoms with Crippen LogP contribution >= 0.6 is 0 Å². The van der Waals surface area contributed by atoms with Gasteiger partial charge in [-0.05, 0) is 46.5 Å². The molecule has 2 bridgehead atoms. The molecule has 1 saturated heterocycles. The highest BCUT2D eigenvalue weighted by molar-refractivity contribution is 6.09. The predicted octanol–water partition coefficient (Wildman–Crippen LogP) is 3.31. The van der Waals surface area contributed by atoms with Crippen LogP contribution in [0.15, 0.2) is 72.8 Å². The van der Waals surface area contributed by atoms with Crippen LogP contribution in [-0.2, 0) is 19.1 Å². The van der Waals surface area contributed by atoms with Crippen LogP contribution in [0.4, 0.5) is 0 Å². The maximum Gasteiger partial charge on any atom is 0.326 e. The number of carbonyl (C=O) groups is 4. The Balaban J connectivity index is 1.21. The fraction of sp³-hybridized carbons (Fsp3) is 0.241. The van der Waals surface area contributed by atoms with Crippen molar-refractivity contribution in [2.45, 2.75) is 11.8 Å². The molecule has 1 aliphatic heterocycles. The van der Waals surface area contributed by atoms with E-state index in [4.69, 9.17) is 9.47 Å². The van der Waals surface area contributed by atoms with E-state index < -0.39 is 31.0 Å². The van der Waals surface area contributed by atoms with Crippen molar-refractivity contribution >= 4 is 23.6 Å². The summed E-state index contributed by atoms with van der Waals surface area (Å²) < 4.78 is 10.2. The lowest BCUT2D eigenvalue weighted by atomic mass is 9.55. The third-order valence-electron chi connectivity index (χ3n) is 7.60. The number of hydrogen-bond acceptors (Lipinski definition) is 6. The molecule has 2 atom stereocenters. The number of rotatable bonds is 6. The van der Waals surface area contributed by atoms with Crippen LogP contribution in [-0.4, -0.2) is 48.7 Å². The summed E-state index contributed by atoms with van der Waals surface area (Å²) in [6.45, 7) is -0.983. The molecule has 1 heterocycles. The highest BCUT2D eigenvalue weighted by Crippen LogP contribution is 2.60. The number of imide groups is 1. The molecule has 7 rings (SSSR count). The van der Waals surface area contributed by atoms with E-state index >= 15 is 0 Å². The summed E-state index contributed by atoms with van der Waals surface area (Å²) >= 11 is 0. The summed E-state index contributed by atoms with van der Waals surface area (Å²) in [5, 5.41) is 0. The molecule has 36 heavy (non-hydrogen) atoms. The molecule has 0 radical (unpaired) electrons. The smallest absolute Gasteiger partial charge is 0.326 e. The molecule has 0 N–H and O–H groups in total. The van der Waals surface area contributed by atoms with E-state index in [0.717, 1.165) is 27.2 Å². The number of methoxy groups -OCH3 is 1. The minimum absolute atomic E-state index is 0.235. The molecule has 1 fully saturated rings. The first kappa shape index (κ1) is 22.2. The molecule has 2 amide bonds. The van der Waals surface area contributed by atoms with E-state index in [-0.39, 0.29) is 29.4 Å². The van der Waals surface area contributed by atoms with Gasteiger partial charge in [-0.1, -0.05) is 48.5 Å². The van der Waals surface area contributed by atoms with Gasteiger partial charge in [-0.25, -0.2) is 0 Å². The summed E-state index contributed by atoms with van der Waals surface area (Å²) in [7, 11) is 1.53. The summed E-state index contributed by atoms with van der Waals surface area (Å²) in [5.74, 6) is -2.87. The molecular formula is C29H23NO6. The van der Waals surface area contributed by atoms with E-state index in [9.17, 15) is 19.2 Å². The van der Waals surface area contributed by atoms with Gasteiger partial charge >= 0.3 is 5.97 Å². The number of amides is 2. The van der Waals surface area contributed by atoms with Gasteiger partial charge in [0.15, 0.2) is 12.4 Å². The first-order valence-corrected chi connectivity index (χ1v) is 11.9. The van der Waals surface area contributed by atoms with Gasteiger partial charge < -0.3 is 9.47 Å². The SMILES string of the molecule is COc1ccc(C(=O)COC(=O)CN2C(=O)C3C4c5ccccc5C(c5ccccc54)C3C2=O)cc1. The third-order valence-corrected chi connectivity index (χ3v) is 7.60. The Morgan fingerprint density at radius 3 is 1.67 bits per heavy atom. The fourth-order valence-corrected chi connectivity index (χ4v) is 6.08. The number of nitrogens with zero attached hydrogens (tertiary/aromatic N) is 1. The molecule has 180 valence electrons. The Morgan fingerprint density at radius 2 is 1.22 bits per heavy atom. The van der Waals surface area contributed by atoms with Crippen LogP contribution in [0.2, 0.25) is 0 Å². The van der Waals surface area contributed by atoms with Gasteiger partial charge in [0.1, 0.15) is 12.3 Å². The van der Waals surface area contributed by atoms with Gasteiger partial charge in [-0.15, -0.1) is 0 Å². The molecule has 3 aliphatic carbocycles. The van der Waals surface area contributed by atoms with Crippen molar-refractivity contribution in [2.24, 2.45) is 11.8 Å². The largest absolute Gasteiger partial charge is 0.497 e. The molecule has 7 nitrogen and oxygen atoms in total. The molecule has 0 spiro atoms. The molecule has 0 saturated carbocycles. The third kappa shape index (κ3) is 3.26. The summed E-state index contributed by atoms with van der Waals surface area (Å²) in [6.07, 6.45) is 0. The summed E-state index contributed by atoms with van der Waals surface area (Å²) in [4.78, 5) is 53.1. The Hall–Kier alpha value is -4.26. The van der Waals surface area contributed by atoms with E-state index in [1.807, 2.05) is 48.5 Å². The minimum Gasteiger partial charge on any atom is -0.497 e. The summed E-state index contributed by atoms with van der Waals surface area (Å²) in [5.41, 5.74) is 4.64. The lowest BCUT2D eigenvalue weighted by Gasteiger charge is -2.45. The Bertz CT molecular complexity index is 1300. The Labute approximate surface area is 207 Å². The van der Waals surface area contributed by atoms with Crippen LogP contribution in [0.25, 0.3) is 0 Å². The average Bonchev–Trinajstić information content (AvgIpc) is 3.17. The van der Waals surface area contributed by atoms with E-state index in [0.29, 0.717) is 11.3 Å². The quantitative estimate of drug-likeness (QED) is 0.305. The van der Waals surface area contributed by atoms with Crippen LogP contribution in [0.1, 0.15) is 44.4 Å². The minimum atomic E-state index is -0.792. The molecule has 3 aromatic rings. The molecule has 4 aliphatic rings. The number of benzene rings is 3. The number of Topliss-reactive ketones (excluding diaryl/α,β-unsaturated/α-hetero) is 1. The lowest BCUT2D eigenvalue weighted by Crippen LogP contribution is -2.41. The second kappa shape index (κ2) is 8.45. The van der Waals surface area contributed by atoms with Crippen molar-refractivity contribution in [3.8, 4) is 5.75 Å². The Morgan fingerprint density at radius 1 is 0.750 bits per heavy atom. The molecule has 7 heteroatoms. The van der Waals surface area contributed by atoms with Gasteiger partial charge in [0.2, 0.25) is 11.8 Å². The van der Waals surface area contributed by atoms with E-state index in [2.05, 4.69) is 0 Å². The zero-order valence-electron chi connectivity index (χ0n) is 19.5. The first-order chi connectivity index (χ1) is 17.5. The second-order valence-corrected chi connectivity index (χ2v) is 9.34. The highest BCUT2D eigenvalue weighted by atomic mass is 16.5. The number of ether oxygens (including phenoxy) is 2. The monoisotopic (exact) mass is 481 g/mol. The standard InChI is InChI=1S/C29H23NO6/c1-35-17-12-10-16(11-13-17)22(31)15-36-23(32)14-30-28(33)26-24-18-6-2-3-7-19(18)25(27(26)29(30)34)21-9-5-4-8-20(21)24/h2-13,24-27H,14-15H2,1H3. The summed E-state index contributed by atoms with van der Waals surface area (Å²) in [6, 6.07) is 22.4. The number of esters is 1. The highest BCUT2D eigenvalue weighted by Gasteiger charge is 2.61. The van der Waals surface area contributed by atoms with Crippen LogP contribution in [0.5, 0.6) is 5.75 Å². The van der Waals surface area contributed by atoms with Crippen molar-refractivity contribution in [2.75, 3.05) is 20.3 Å². The van der Waals surface area contributed by atoms with Crippen LogP contribution in [0, 0.1) is 11.8 Å². The topological polar surface area (TPSA) is 90.0 Å². The maximum atomic E-state index is 13.5. The van der Waals surface area contributed by atoms with Gasteiger partial charge in [-0.3, -0.25) is 24.1 Å². The van der Waals surface area contributed by atoms with Gasteiger partial charge in [0.25, 0.3) is 0 Å². The van der Waals surface area contributed by atoms with E-state index in [1.165, 1.54) is 7.11 Å². The average molecular weight is 482 g/mol. The zero-order chi connectivity index (χ0) is 25.0. The maximum absolute atomic E-state index is 13.5. The fourth-order valence-electron chi connectivity index (χ4n) is 6.08. The second-order valence-electron chi connectivity index (χ2n) is 9.34. The van der Waals surface area contributed by atoms with E-state index in [1.54, 1.807) is 24.3 Å². The number of likely N-dealkylation sites (tertiary alicyclic amines) is 1. The Kier molecular flexibility index (Phi) is 5.21. The lowest BCUT2D eigenvalue weighted by molar-refractivity contribution is -0.152. The number of hydrogen-bond donors (Lipinski definition) is 0. The van der Waals surface area contributed by atoms with Gasteiger partial charge in [-0.2, -0.15) is 0 Å². The molecule has 2 unspecified atom stereocenters. The zero-order valence-corrected chi connectivity index (χ0v) is 19.5. The molecule has 3 aromatic carbocycles. The van der Waals surface area contributed by atoms with Crippen molar-refractivity contribution in [3.63, 3.8) is 0 Å². The molecular weight excluding hydrogens is 458 g/mol. The van der Waals surface area contributed by atoms with Crippen molar-refractivity contribution in [3.05, 3.63) is 101 Å². The first-order valence-electron chi connectivity index (χ1n) is 11.9. The van der Waals surface area contributed by atoms with Crippen molar-refractivity contribution < 1.29 is 28.7 Å². The van der Waals surface area contributed by atoms with Crippen LogP contribution in [0.3, 0.4) is 0 Å². The van der Waals surface area contributed by atoms with Crippen LogP contribution < -0.4 is 4.74 Å². The van der Waals surface area contributed by atoms with Gasteiger partial charge in [0, 0.05) is 17.4 Å². The number of ketones is 1.